The minimum absolute atomic E-state index is 0.207. The molecule has 3 nitrogen and oxygen atoms in total. The SMILES string of the molecule is CC(C)(C)OC(=O)N(Cc1cc(F)ccc1I)C1CCC1. The monoisotopic (exact) mass is 405 g/mol. The van der Waals surface area contributed by atoms with Gasteiger partial charge < -0.3 is 9.64 Å². The summed E-state index contributed by atoms with van der Waals surface area (Å²) in [5.41, 5.74) is 0.308. The summed E-state index contributed by atoms with van der Waals surface area (Å²) in [5.74, 6) is -0.275. The second kappa shape index (κ2) is 6.50. The molecule has 21 heavy (non-hydrogen) atoms. The van der Waals surface area contributed by atoms with Crippen molar-refractivity contribution in [3.63, 3.8) is 0 Å². The Bertz CT molecular complexity index is 523. The Labute approximate surface area is 139 Å². The van der Waals surface area contributed by atoms with Crippen molar-refractivity contribution in [1.29, 1.82) is 0 Å². The number of amides is 1. The molecule has 0 bridgehead atoms. The second-order valence-corrected chi connectivity index (χ2v) is 7.59. The van der Waals surface area contributed by atoms with Gasteiger partial charge in [0.15, 0.2) is 0 Å². The zero-order valence-corrected chi connectivity index (χ0v) is 14.8. The first-order chi connectivity index (χ1) is 9.76. The molecule has 0 saturated heterocycles. The number of hydrogen-bond acceptors (Lipinski definition) is 2. The van der Waals surface area contributed by atoms with Crippen LogP contribution in [0.25, 0.3) is 0 Å². The van der Waals surface area contributed by atoms with Gasteiger partial charge in [0, 0.05) is 9.61 Å². The molecule has 0 N–H and O–H groups in total. The Morgan fingerprint density at radius 2 is 2.10 bits per heavy atom. The Morgan fingerprint density at radius 3 is 2.62 bits per heavy atom. The lowest BCUT2D eigenvalue weighted by molar-refractivity contribution is 0.00452. The highest BCUT2D eigenvalue weighted by Crippen LogP contribution is 2.29. The topological polar surface area (TPSA) is 29.5 Å². The van der Waals surface area contributed by atoms with Crippen LogP contribution in [0.2, 0.25) is 0 Å². The summed E-state index contributed by atoms with van der Waals surface area (Å²) in [4.78, 5) is 14.1. The summed E-state index contributed by atoms with van der Waals surface area (Å²) in [6, 6.07) is 4.88. The van der Waals surface area contributed by atoms with Gasteiger partial charge in [0.2, 0.25) is 0 Å². The Balaban J connectivity index is 2.16. The van der Waals surface area contributed by atoms with Gasteiger partial charge in [0.05, 0.1) is 6.54 Å². The fraction of sp³-hybridized carbons (Fsp3) is 0.562. The van der Waals surface area contributed by atoms with Gasteiger partial charge >= 0.3 is 6.09 Å². The van der Waals surface area contributed by atoms with Crippen LogP contribution in [-0.2, 0) is 11.3 Å². The van der Waals surface area contributed by atoms with Crippen LogP contribution in [0.3, 0.4) is 0 Å². The number of benzene rings is 1. The van der Waals surface area contributed by atoms with Crippen LogP contribution >= 0.6 is 22.6 Å². The molecule has 0 radical (unpaired) electrons. The fourth-order valence-electron chi connectivity index (χ4n) is 2.21. The number of carbonyl (C=O) groups is 1. The zero-order chi connectivity index (χ0) is 15.6. The van der Waals surface area contributed by atoms with Crippen molar-refractivity contribution in [1.82, 2.24) is 4.90 Å². The van der Waals surface area contributed by atoms with E-state index in [1.807, 2.05) is 20.8 Å². The van der Waals surface area contributed by atoms with Gasteiger partial charge in [0.25, 0.3) is 0 Å². The number of halogens is 2. The quantitative estimate of drug-likeness (QED) is 0.682. The van der Waals surface area contributed by atoms with Gasteiger partial charge in [-0.25, -0.2) is 9.18 Å². The van der Waals surface area contributed by atoms with Crippen molar-refractivity contribution in [3.8, 4) is 0 Å². The zero-order valence-electron chi connectivity index (χ0n) is 12.7. The van der Waals surface area contributed by atoms with E-state index in [1.54, 1.807) is 11.0 Å². The van der Waals surface area contributed by atoms with Gasteiger partial charge in [-0.2, -0.15) is 0 Å². The van der Waals surface area contributed by atoms with E-state index >= 15 is 0 Å². The largest absolute Gasteiger partial charge is 0.444 e. The molecule has 1 saturated carbocycles. The molecule has 1 fully saturated rings. The molecule has 2 rings (SSSR count). The van der Waals surface area contributed by atoms with E-state index in [9.17, 15) is 9.18 Å². The molecular weight excluding hydrogens is 384 g/mol. The van der Waals surface area contributed by atoms with Crippen LogP contribution in [0.5, 0.6) is 0 Å². The summed E-state index contributed by atoms with van der Waals surface area (Å²) < 4.78 is 19.9. The van der Waals surface area contributed by atoms with Crippen LogP contribution in [0.15, 0.2) is 18.2 Å². The molecule has 0 heterocycles. The summed E-state index contributed by atoms with van der Waals surface area (Å²) >= 11 is 2.17. The molecule has 0 atom stereocenters. The molecule has 116 valence electrons. The Hall–Kier alpha value is -0.850. The highest BCUT2D eigenvalue weighted by molar-refractivity contribution is 14.1. The minimum atomic E-state index is -0.520. The molecule has 1 aromatic rings. The molecule has 5 heteroatoms. The smallest absolute Gasteiger partial charge is 0.410 e. The van der Waals surface area contributed by atoms with Crippen LogP contribution in [0.1, 0.15) is 45.6 Å². The lowest BCUT2D eigenvalue weighted by atomic mass is 9.91. The van der Waals surface area contributed by atoms with E-state index < -0.39 is 5.60 Å². The number of nitrogens with zero attached hydrogens (tertiary/aromatic N) is 1. The van der Waals surface area contributed by atoms with Crippen LogP contribution in [0, 0.1) is 9.39 Å². The Kier molecular flexibility index (Phi) is 5.11. The van der Waals surface area contributed by atoms with Crippen LogP contribution in [-0.4, -0.2) is 22.6 Å². The molecule has 0 spiro atoms. The first kappa shape index (κ1) is 16.5. The summed E-state index contributed by atoms with van der Waals surface area (Å²) in [6.45, 7) is 5.97. The van der Waals surface area contributed by atoms with Crippen LogP contribution in [0.4, 0.5) is 9.18 Å². The summed E-state index contributed by atoms with van der Waals surface area (Å²) in [7, 11) is 0. The van der Waals surface area contributed by atoms with E-state index in [2.05, 4.69) is 22.6 Å². The summed E-state index contributed by atoms with van der Waals surface area (Å²) in [5, 5.41) is 0. The molecule has 0 unspecified atom stereocenters. The molecule has 1 amide bonds. The van der Waals surface area contributed by atoms with Crippen molar-refractivity contribution >= 4 is 28.7 Å². The standard InChI is InChI=1S/C16H21FINO2/c1-16(2,3)21-15(20)19(13-5-4-6-13)10-11-9-12(17)7-8-14(11)18/h7-9,13H,4-6,10H2,1-3H3. The highest BCUT2D eigenvalue weighted by Gasteiger charge is 2.32. The average molecular weight is 405 g/mol. The molecule has 1 aliphatic rings. The van der Waals surface area contributed by atoms with Crippen molar-refractivity contribution < 1.29 is 13.9 Å². The third-order valence-corrected chi connectivity index (χ3v) is 4.54. The first-order valence-electron chi connectivity index (χ1n) is 7.20. The number of ether oxygens (including phenoxy) is 1. The maximum atomic E-state index is 13.4. The molecular formula is C16H21FINO2. The van der Waals surface area contributed by atoms with Crippen molar-refractivity contribution in [2.45, 2.75) is 58.2 Å². The maximum Gasteiger partial charge on any atom is 0.410 e. The lowest BCUT2D eigenvalue weighted by Crippen LogP contribution is -2.46. The average Bonchev–Trinajstić information content (AvgIpc) is 2.28. The van der Waals surface area contributed by atoms with Crippen molar-refractivity contribution in [3.05, 3.63) is 33.1 Å². The predicted molar refractivity (Wildman–Crippen MR) is 88.5 cm³/mol. The van der Waals surface area contributed by atoms with Crippen molar-refractivity contribution in [2.75, 3.05) is 0 Å². The Morgan fingerprint density at radius 1 is 1.43 bits per heavy atom. The van der Waals surface area contributed by atoms with Crippen molar-refractivity contribution in [2.24, 2.45) is 0 Å². The van der Waals surface area contributed by atoms with E-state index in [4.69, 9.17) is 4.74 Å². The van der Waals surface area contributed by atoms with E-state index in [1.165, 1.54) is 12.1 Å². The lowest BCUT2D eigenvalue weighted by Gasteiger charge is -2.38. The highest BCUT2D eigenvalue weighted by atomic mass is 127. The molecule has 1 aliphatic carbocycles. The first-order valence-corrected chi connectivity index (χ1v) is 8.28. The summed E-state index contributed by atoms with van der Waals surface area (Å²) in [6.07, 6.45) is 2.80. The second-order valence-electron chi connectivity index (χ2n) is 6.43. The van der Waals surface area contributed by atoms with Gasteiger partial charge in [0.1, 0.15) is 11.4 Å². The number of carbonyl (C=O) groups excluding carboxylic acids is 1. The van der Waals surface area contributed by atoms with E-state index in [0.29, 0.717) is 6.54 Å². The number of rotatable bonds is 3. The fourth-order valence-corrected chi connectivity index (χ4v) is 2.72. The number of hydrogen-bond donors (Lipinski definition) is 0. The van der Waals surface area contributed by atoms with Gasteiger partial charge in [-0.05, 0) is 86.4 Å². The normalized spacial score (nSPS) is 15.5. The van der Waals surface area contributed by atoms with Gasteiger partial charge in [-0.15, -0.1) is 0 Å². The van der Waals surface area contributed by atoms with Gasteiger partial charge in [-0.3, -0.25) is 0 Å². The maximum absolute atomic E-state index is 13.4. The molecule has 0 aromatic heterocycles. The molecule has 0 aliphatic heterocycles. The minimum Gasteiger partial charge on any atom is -0.444 e. The van der Waals surface area contributed by atoms with E-state index in [0.717, 1.165) is 28.4 Å². The van der Waals surface area contributed by atoms with Crippen LogP contribution < -0.4 is 0 Å². The third-order valence-electron chi connectivity index (χ3n) is 3.49. The predicted octanol–water partition coefficient (Wildman–Crippen LogP) is 4.72. The molecule has 1 aromatic carbocycles. The van der Waals surface area contributed by atoms with E-state index in [-0.39, 0.29) is 18.0 Å². The third kappa shape index (κ3) is 4.56. The van der Waals surface area contributed by atoms with Gasteiger partial charge in [-0.1, -0.05) is 0 Å².